The Hall–Kier alpha value is -0.520. The quantitative estimate of drug-likeness (QED) is 0.369. The van der Waals surface area contributed by atoms with Crippen LogP contribution in [0.25, 0.3) is 0 Å². The highest BCUT2D eigenvalue weighted by Gasteiger charge is 1.84. The van der Waals surface area contributed by atoms with Crippen molar-refractivity contribution < 1.29 is 0 Å². The fourth-order valence-electron chi connectivity index (χ4n) is 1.27. The number of rotatable bonds is 8. The number of unbranched alkanes of at least 4 members (excludes halogenated alkanes) is 5. The zero-order valence-corrected chi connectivity index (χ0v) is 9.26. The molecule has 0 fully saturated rings. The van der Waals surface area contributed by atoms with Gasteiger partial charge in [-0.05, 0) is 39.0 Å². The monoisotopic (exact) mass is 180 g/mol. The first-order valence-electron chi connectivity index (χ1n) is 5.68. The van der Waals surface area contributed by atoms with Crippen LogP contribution in [0.2, 0.25) is 0 Å². The molecule has 0 aromatic carbocycles. The number of hydrogen-bond donors (Lipinski definition) is 0. The maximum Gasteiger partial charge on any atom is -0.0351 e. The molecule has 0 aliphatic rings. The molecule has 0 saturated carbocycles. The van der Waals surface area contributed by atoms with Crippen molar-refractivity contribution in [1.82, 2.24) is 0 Å². The molecule has 0 aliphatic carbocycles. The van der Waals surface area contributed by atoms with Gasteiger partial charge in [0.05, 0.1) is 0 Å². The fraction of sp³-hybridized carbons (Fsp3) is 0.692. The summed E-state index contributed by atoms with van der Waals surface area (Å²) in [7, 11) is 0. The van der Waals surface area contributed by atoms with E-state index >= 15 is 0 Å². The van der Waals surface area contributed by atoms with Gasteiger partial charge in [-0.1, -0.05) is 44.1 Å². The highest BCUT2D eigenvalue weighted by molar-refractivity contribution is 4.81. The van der Waals surface area contributed by atoms with Gasteiger partial charge in [0, 0.05) is 0 Å². The van der Waals surface area contributed by atoms with Gasteiger partial charge in [-0.25, -0.2) is 0 Å². The van der Waals surface area contributed by atoms with Crippen molar-refractivity contribution in [3.8, 4) is 0 Å². The fourth-order valence-corrected chi connectivity index (χ4v) is 1.27. The van der Waals surface area contributed by atoms with Gasteiger partial charge in [-0.15, -0.1) is 0 Å². The minimum atomic E-state index is 1.25. The van der Waals surface area contributed by atoms with Crippen molar-refractivity contribution in [2.45, 2.75) is 58.8 Å². The van der Waals surface area contributed by atoms with E-state index in [0.29, 0.717) is 0 Å². The van der Waals surface area contributed by atoms with Crippen LogP contribution in [0.4, 0.5) is 0 Å². The average Bonchev–Trinajstić information content (AvgIpc) is 2.16. The van der Waals surface area contributed by atoms with E-state index in [1.54, 1.807) is 0 Å². The van der Waals surface area contributed by atoms with Gasteiger partial charge >= 0.3 is 0 Å². The molecule has 0 nitrogen and oxygen atoms in total. The van der Waals surface area contributed by atoms with Crippen LogP contribution in [0.1, 0.15) is 58.8 Å². The summed E-state index contributed by atoms with van der Waals surface area (Å²) < 4.78 is 0. The lowest BCUT2D eigenvalue weighted by Crippen LogP contribution is -1.74. The van der Waals surface area contributed by atoms with E-state index in [9.17, 15) is 0 Å². The van der Waals surface area contributed by atoms with E-state index in [0.717, 1.165) is 0 Å². The topological polar surface area (TPSA) is 0 Å². The number of allylic oxidation sites excluding steroid dienone is 4. The molecule has 0 saturated heterocycles. The summed E-state index contributed by atoms with van der Waals surface area (Å²) in [5.41, 5.74) is 0. The summed E-state index contributed by atoms with van der Waals surface area (Å²) in [5, 5.41) is 0. The lowest BCUT2D eigenvalue weighted by Gasteiger charge is -1.94. The molecular formula is C13H24. The van der Waals surface area contributed by atoms with Crippen molar-refractivity contribution in [1.29, 1.82) is 0 Å². The molecule has 0 radical (unpaired) electrons. The molecule has 0 aliphatic heterocycles. The predicted octanol–water partition coefficient (Wildman–Crippen LogP) is 4.87. The highest BCUT2D eigenvalue weighted by Crippen LogP contribution is 2.04. The van der Waals surface area contributed by atoms with Crippen LogP contribution in [-0.4, -0.2) is 0 Å². The SMILES string of the molecule is C/C=C/CCCCC/C=C/CCC. The van der Waals surface area contributed by atoms with E-state index in [1.165, 1.54) is 44.9 Å². The summed E-state index contributed by atoms with van der Waals surface area (Å²) in [6, 6.07) is 0. The van der Waals surface area contributed by atoms with E-state index in [1.807, 2.05) is 0 Å². The van der Waals surface area contributed by atoms with Crippen LogP contribution in [0.3, 0.4) is 0 Å². The van der Waals surface area contributed by atoms with E-state index < -0.39 is 0 Å². The number of hydrogen-bond acceptors (Lipinski definition) is 0. The molecule has 0 amide bonds. The Morgan fingerprint density at radius 3 is 2.00 bits per heavy atom. The Bertz CT molecular complexity index is 131. The molecule has 0 atom stereocenters. The van der Waals surface area contributed by atoms with E-state index in [-0.39, 0.29) is 0 Å². The Kier molecular flexibility index (Phi) is 11.0. The van der Waals surface area contributed by atoms with Crippen LogP contribution in [0, 0.1) is 0 Å². The zero-order valence-electron chi connectivity index (χ0n) is 9.26. The molecule has 0 spiro atoms. The van der Waals surface area contributed by atoms with Crippen molar-refractivity contribution in [2.75, 3.05) is 0 Å². The largest absolute Gasteiger partial charge is 0.0917 e. The van der Waals surface area contributed by atoms with Crippen LogP contribution >= 0.6 is 0 Å². The second kappa shape index (κ2) is 11.5. The molecule has 0 bridgehead atoms. The molecule has 0 rings (SSSR count). The first-order chi connectivity index (χ1) is 6.41. The smallest absolute Gasteiger partial charge is 0.0351 e. The molecule has 0 heterocycles. The third kappa shape index (κ3) is 11.5. The van der Waals surface area contributed by atoms with E-state index in [2.05, 4.69) is 38.2 Å². The minimum Gasteiger partial charge on any atom is -0.0917 e. The van der Waals surface area contributed by atoms with Gasteiger partial charge in [-0.2, -0.15) is 0 Å². The van der Waals surface area contributed by atoms with Crippen LogP contribution in [0.15, 0.2) is 24.3 Å². The Morgan fingerprint density at radius 2 is 1.38 bits per heavy atom. The standard InChI is InChI=1S/C13H24/c1-3-5-7-9-11-13-12-10-8-6-4-2/h3,5,8,10H,4,6-7,9,11-13H2,1-2H3/b5-3+,10-8+. The van der Waals surface area contributed by atoms with Gasteiger partial charge in [-0.3, -0.25) is 0 Å². The maximum absolute atomic E-state index is 2.33. The lowest BCUT2D eigenvalue weighted by molar-refractivity contribution is 0.695. The summed E-state index contributed by atoms with van der Waals surface area (Å²) in [6.07, 6.45) is 18.2. The summed E-state index contributed by atoms with van der Waals surface area (Å²) in [6.45, 7) is 4.31. The first kappa shape index (κ1) is 12.5. The Morgan fingerprint density at radius 1 is 0.769 bits per heavy atom. The lowest BCUT2D eigenvalue weighted by atomic mass is 10.1. The molecule has 0 N–H and O–H groups in total. The van der Waals surface area contributed by atoms with Crippen molar-refractivity contribution in [3.63, 3.8) is 0 Å². The minimum absolute atomic E-state index is 1.25. The molecule has 13 heavy (non-hydrogen) atoms. The van der Waals surface area contributed by atoms with Crippen LogP contribution < -0.4 is 0 Å². The molecule has 0 unspecified atom stereocenters. The third-order valence-corrected chi connectivity index (χ3v) is 2.10. The second-order valence-corrected chi connectivity index (χ2v) is 3.47. The van der Waals surface area contributed by atoms with Crippen LogP contribution in [-0.2, 0) is 0 Å². The van der Waals surface area contributed by atoms with Gasteiger partial charge in [0.1, 0.15) is 0 Å². The van der Waals surface area contributed by atoms with Crippen molar-refractivity contribution in [2.24, 2.45) is 0 Å². The van der Waals surface area contributed by atoms with Crippen molar-refractivity contribution >= 4 is 0 Å². The van der Waals surface area contributed by atoms with Gasteiger partial charge in [0.15, 0.2) is 0 Å². The Balaban J connectivity index is 2.99. The van der Waals surface area contributed by atoms with Gasteiger partial charge in [0.2, 0.25) is 0 Å². The van der Waals surface area contributed by atoms with Gasteiger partial charge < -0.3 is 0 Å². The van der Waals surface area contributed by atoms with E-state index in [4.69, 9.17) is 0 Å². The molecule has 76 valence electrons. The molecule has 0 aromatic heterocycles. The molecule has 0 heteroatoms. The second-order valence-electron chi connectivity index (χ2n) is 3.47. The average molecular weight is 180 g/mol. The van der Waals surface area contributed by atoms with Gasteiger partial charge in [0.25, 0.3) is 0 Å². The van der Waals surface area contributed by atoms with Crippen molar-refractivity contribution in [3.05, 3.63) is 24.3 Å². The summed E-state index contributed by atoms with van der Waals surface area (Å²) in [5.74, 6) is 0. The Labute approximate surface area is 83.7 Å². The van der Waals surface area contributed by atoms with Crippen LogP contribution in [0.5, 0.6) is 0 Å². The zero-order chi connectivity index (χ0) is 9.78. The normalized spacial score (nSPS) is 11.8. The highest BCUT2D eigenvalue weighted by atomic mass is 13.9. The molecular weight excluding hydrogens is 156 g/mol. The maximum atomic E-state index is 2.33. The summed E-state index contributed by atoms with van der Waals surface area (Å²) in [4.78, 5) is 0. The third-order valence-electron chi connectivity index (χ3n) is 2.10. The first-order valence-corrected chi connectivity index (χ1v) is 5.68. The molecule has 0 aromatic rings. The predicted molar refractivity (Wildman–Crippen MR) is 61.9 cm³/mol. The summed E-state index contributed by atoms with van der Waals surface area (Å²) >= 11 is 0.